The first-order valence-corrected chi connectivity index (χ1v) is 7.48. The highest BCUT2D eigenvalue weighted by molar-refractivity contribution is 5.37. The summed E-state index contributed by atoms with van der Waals surface area (Å²) in [6, 6.07) is 17.2. The van der Waals surface area contributed by atoms with Gasteiger partial charge in [0.15, 0.2) is 0 Å². The van der Waals surface area contributed by atoms with Crippen LogP contribution >= 0.6 is 0 Å². The van der Waals surface area contributed by atoms with Crippen molar-refractivity contribution in [2.75, 3.05) is 7.11 Å². The molecule has 1 aliphatic carbocycles. The minimum atomic E-state index is 0.251. The normalized spacial score (nSPS) is 18.3. The van der Waals surface area contributed by atoms with Crippen LogP contribution < -0.4 is 16.0 Å². The highest BCUT2D eigenvalue weighted by atomic mass is 16.5. The summed E-state index contributed by atoms with van der Waals surface area (Å²) in [5.41, 5.74) is 7.20. The number of hydrogen-bond donors (Lipinski definition) is 2. The van der Waals surface area contributed by atoms with Crippen molar-refractivity contribution in [3.05, 3.63) is 65.2 Å². The van der Waals surface area contributed by atoms with Crippen molar-refractivity contribution in [2.24, 2.45) is 5.84 Å². The molecule has 0 aliphatic heterocycles. The third-order valence-electron chi connectivity index (χ3n) is 4.47. The molecule has 3 heteroatoms. The number of methoxy groups -OCH3 is 1. The van der Waals surface area contributed by atoms with Gasteiger partial charge < -0.3 is 4.74 Å². The van der Waals surface area contributed by atoms with Crippen LogP contribution in [0.5, 0.6) is 5.75 Å². The van der Waals surface area contributed by atoms with Gasteiger partial charge in [0.25, 0.3) is 0 Å². The van der Waals surface area contributed by atoms with E-state index in [1.807, 2.05) is 12.1 Å². The number of aryl methyl sites for hydroxylation is 1. The number of hydrogen-bond acceptors (Lipinski definition) is 3. The highest BCUT2D eigenvalue weighted by Crippen LogP contribution is 2.36. The molecule has 1 aliphatic rings. The van der Waals surface area contributed by atoms with Gasteiger partial charge in [-0.05, 0) is 48.1 Å². The summed E-state index contributed by atoms with van der Waals surface area (Å²) >= 11 is 0. The quantitative estimate of drug-likeness (QED) is 0.655. The molecule has 0 aromatic heterocycles. The van der Waals surface area contributed by atoms with Crippen LogP contribution in [-0.4, -0.2) is 13.2 Å². The Balaban J connectivity index is 1.80. The standard InChI is InChI=1S/C18H22N2O/c1-21-15-7-4-5-13(11-15)12-18(20-19)17-10-9-14-6-2-3-8-16(14)17/h2-8,11,17-18,20H,9-10,12,19H2,1H3. The van der Waals surface area contributed by atoms with E-state index in [1.165, 1.54) is 16.7 Å². The third kappa shape index (κ3) is 2.94. The van der Waals surface area contributed by atoms with Crippen molar-refractivity contribution in [3.8, 4) is 5.75 Å². The van der Waals surface area contributed by atoms with Crippen LogP contribution in [0, 0.1) is 0 Å². The Bertz CT molecular complexity index is 612. The Morgan fingerprint density at radius 1 is 1.24 bits per heavy atom. The van der Waals surface area contributed by atoms with E-state index in [4.69, 9.17) is 10.6 Å². The second-order valence-corrected chi connectivity index (χ2v) is 5.67. The molecule has 0 saturated heterocycles. The van der Waals surface area contributed by atoms with Crippen LogP contribution in [0.1, 0.15) is 29.0 Å². The van der Waals surface area contributed by atoms with E-state index in [0.29, 0.717) is 5.92 Å². The van der Waals surface area contributed by atoms with E-state index < -0.39 is 0 Å². The van der Waals surface area contributed by atoms with Crippen molar-refractivity contribution in [1.82, 2.24) is 5.43 Å². The lowest BCUT2D eigenvalue weighted by Crippen LogP contribution is -2.40. The van der Waals surface area contributed by atoms with Gasteiger partial charge >= 0.3 is 0 Å². The lowest BCUT2D eigenvalue weighted by molar-refractivity contribution is 0.411. The summed E-state index contributed by atoms with van der Waals surface area (Å²) in [5, 5.41) is 0. The molecular weight excluding hydrogens is 260 g/mol. The predicted molar refractivity (Wildman–Crippen MR) is 85.3 cm³/mol. The fourth-order valence-corrected chi connectivity index (χ4v) is 3.38. The van der Waals surface area contributed by atoms with Crippen LogP contribution in [0.25, 0.3) is 0 Å². The van der Waals surface area contributed by atoms with Crippen LogP contribution in [0.3, 0.4) is 0 Å². The maximum absolute atomic E-state index is 5.85. The van der Waals surface area contributed by atoms with Gasteiger partial charge in [0.1, 0.15) is 5.75 Å². The molecule has 0 saturated carbocycles. The van der Waals surface area contributed by atoms with E-state index in [2.05, 4.69) is 41.8 Å². The van der Waals surface area contributed by atoms with Gasteiger partial charge in [0.2, 0.25) is 0 Å². The number of fused-ring (bicyclic) bond motifs is 1. The minimum absolute atomic E-state index is 0.251. The maximum atomic E-state index is 5.85. The molecule has 3 rings (SSSR count). The summed E-state index contributed by atoms with van der Waals surface area (Å²) in [4.78, 5) is 0. The van der Waals surface area contributed by atoms with Gasteiger partial charge in [0.05, 0.1) is 7.11 Å². The molecule has 2 aromatic carbocycles. The van der Waals surface area contributed by atoms with E-state index in [0.717, 1.165) is 25.0 Å². The average molecular weight is 282 g/mol. The Morgan fingerprint density at radius 2 is 2.10 bits per heavy atom. The Labute approximate surface area is 126 Å². The summed E-state index contributed by atoms with van der Waals surface area (Å²) in [6.07, 6.45) is 3.22. The lowest BCUT2D eigenvalue weighted by atomic mass is 9.89. The molecule has 3 N–H and O–H groups in total. The maximum Gasteiger partial charge on any atom is 0.119 e. The number of benzene rings is 2. The van der Waals surface area contributed by atoms with Gasteiger partial charge in [-0.1, -0.05) is 36.4 Å². The first-order valence-electron chi connectivity index (χ1n) is 7.48. The second kappa shape index (κ2) is 6.29. The zero-order chi connectivity index (χ0) is 14.7. The van der Waals surface area contributed by atoms with Crippen LogP contribution in [-0.2, 0) is 12.8 Å². The van der Waals surface area contributed by atoms with Crippen molar-refractivity contribution in [2.45, 2.75) is 31.2 Å². The highest BCUT2D eigenvalue weighted by Gasteiger charge is 2.28. The van der Waals surface area contributed by atoms with E-state index in [-0.39, 0.29) is 6.04 Å². The van der Waals surface area contributed by atoms with Crippen molar-refractivity contribution >= 4 is 0 Å². The fraction of sp³-hybridized carbons (Fsp3) is 0.333. The summed E-state index contributed by atoms with van der Waals surface area (Å²) in [6.45, 7) is 0. The SMILES string of the molecule is COc1cccc(CC(NN)C2CCc3ccccc32)c1. The van der Waals surface area contributed by atoms with Gasteiger partial charge in [-0.2, -0.15) is 0 Å². The summed E-state index contributed by atoms with van der Waals surface area (Å²) < 4.78 is 5.30. The Hall–Kier alpha value is -1.84. The molecule has 0 spiro atoms. The van der Waals surface area contributed by atoms with E-state index >= 15 is 0 Å². The van der Waals surface area contributed by atoms with Gasteiger partial charge in [-0.3, -0.25) is 11.3 Å². The van der Waals surface area contributed by atoms with Gasteiger partial charge in [-0.15, -0.1) is 0 Å². The molecule has 0 fully saturated rings. The first kappa shape index (κ1) is 14.1. The lowest BCUT2D eigenvalue weighted by Gasteiger charge is -2.24. The molecule has 2 unspecified atom stereocenters. The number of hydrazine groups is 1. The second-order valence-electron chi connectivity index (χ2n) is 5.67. The topological polar surface area (TPSA) is 47.3 Å². The van der Waals surface area contributed by atoms with E-state index in [1.54, 1.807) is 7.11 Å². The number of nitrogens with two attached hydrogens (primary N) is 1. The molecule has 3 nitrogen and oxygen atoms in total. The Kier molecular flexibility index (Phi) is 4.23. The average Bonchev–Trinajstić information content (AvgIpc) is 2.97. The largest absolute Gasteiger partial charge is 0.497 e. The van der Waals surface area contributed by atoms with Gasteiger partial charge in [0, 0.05) is 12.0 Å². The molecule has 2 aromatic rings. The monoisotopic (exact) mass is 282 g/mol. The summed E-state index contributed by atoms with van der Waals surface area (Å²) in [7, 11) is 1.70. The smallest absolute Gasteiger partial charge is 0.119 e. The van der Waals surface area contributed by atoms with Crippen LogP contribution in [0.15, 0.2) is 48.5 Å². The van der Waals surface area contributed by atoms with E-state index in [9.17, 15) is 0 Å². The zero-order valence-corrected chi connectivity index (χ0v) is 12.4. The molecule has 0 heterocycles. The van der Waals surface area contributed by atoms with Crippen molar-refractivity contribution in [1.29, 1.82) is 0 Å². The van der Waals surface area contributed by atoms with Crippen molar-refractivity contribution < 1.29 is 4.74 Å². The van der Waals surface area contributed by atoms with Crippen LogP contribution in [0.2, 0.25) is 0 Å². The van der Waals surface area contributed by atoms with Crippen LogP contribution in [0.4, 0.5) is 0 Å². The summed E-state index contributed by atoms with van der Waals surface area (Å²) in [5.74, 6) is 7.23. The first-order chi connectivity index (χ1) is 10.3. The molecule has 2 atom stereocenters. The van der Waals surface area contributed by atoms with Gasteiger partial charge in [-0.25, -0.2) is 0 Å². The third-order valence-corrected chi connectivity index (χ3v) is 4.47. The number of ether oxygens (including phenoxy) is 1. The molecule has 0 bridgehead atoms. The zero-order valence-electron chi connectivity index (χ0n) is 12.4. The molecular formula is C18H22N2O. The molecule has 0 amide bonds. The fourth-order valence-electron chi connectivity index (χ4n) is 3.38. The molecule has 110 valence electrons. The Morgan fingerprint density at radius 3 is 2.90 bits per heavy atom. The van der Waals surface area contributed by atoms with Crippen molar-refractivity contribution in [3.63, 3.8) is 0 Å². The molecule has 0 radical (unpaired) electrons. The number of nitrogens with one attached hydrogen (secondary N) is 1. The number of rotatable bonds is 5. The molecule has 21 heavy (non-hydrogen) atoms. The predicted octanol–water partition coefficient (Wildman–Crippen LogP) is 2.80. The minimum Gasteiger partial charge on any atom is -0.497 e.